The summed E-state index contributed by atoms with van der Waals surface area (Å²) < 4.78 is 5.33. The van der Waals surface area contributed by atoms with Crippen molar-refractivity contribution in [3.8, 4) is 0 Å². The van der Waals surface area contributed by atoms with E-state index in [2.05, 4.69) is 15.3 Å². The fourth-order valence-electron chi connectivity index (χ4n) is 2.48. The standard InChI is InChI=1S/C14H18N4O2/c1-10-6-11-7-15-14(16-12-2-4-20-5-3-12)17-13(11)8-18(10)9-19/h6-7,9,12H,2-5,8H2,1H3,(H,15,16,17). The molecular formula is C14H18N4O2. The minimum atomic E-state index is 0.366. The van der Waals surface area contributed by atoms with Crippen molar-refractivity contribution in [3.63, 3.8) is 0 Å². The number of hydrogen-bond acceptors (Lipinski definition) is 5. The molecule has 0 radical (unpaired) electrons. The number of nitrogens with zero attached hydrogens (tertiary/aromatic N) is 3. The molecule has 1 amide bonds. The van der Waals surface area contributed by atoms with Crippen molar-refractivity contribution in [1.82, 2.24) is 14.9 Å². The van der Waals surface area contributed by atoms with Gasteiger partial charge < -0.3 is 15.0 Å². The second kappa shape index (κ2) is 5.58. The molecule has 3 rings (SSSR count). The molecule has 0 aromatic carbocycles. The maximum absolute atomic E-state index is 11.0. The SMILES string of the molecule is CC1=Cc2cnc(NC3CCOCC3)nc2CN1C=O. The Bertz CT molecular complexity index is 538. The number of fused-ring (bicyclic) bond motifs is 1. The topological polar surface area (TPSA) is 67.4 Å². The molecule has 20 heavy (non-hydrogen) atoms. The predicted molar refractivity (Wildman–Crippen MR) is 74.8 cm³/mol. The van der Waals surface area contributed by atoms with Gasteiger partial charge in [0.25, 0.3) is 0 Å². The summed E-state index contributed by atoms with van der Waals surface area (Å²) in [7, 11) is 0. The van der Waals surface area contributed by atoms with E-state index in [0.717, 1.165) is 49.4 Å². The molecule has 0 atom stereocenters. The number of nitrogens with one attached hydrogen (secondary N) is 1. The Kier molecular flexibility index (Phi) is 3.64. The van der Waals surface area contributed by atoms with Crippen molar-refractivity contribution in [2.24, 2.45) is 0 Å². The number of amides is 1. The first-order chi connectivity index (χ1) is 9.76. The van der Waals surface area contributed by atoms with Gasteiger partial charge in [-0.25, -0.2) is 9.97 Å². The van der Waals surface area contributed by atoms with Crippen LogP contribution in [0.2, 0.25) is 0 Å². The van der Waals surface area contributed by atoms with Crippen LogP contribution in [-0.4, -0.2) is 40.5 Å². The van der Waals surface area contributed by atoms with E-state index in [1.54, 1.807) is 4.90 Å². The molecule has 0 spiro atoms. The van der Waals surface area contributed by atoms with Gasteiger partial charge in [0.2, 0.25) is 12.4 Å². The highest BCUT2D eigenvalue weighted by Gasteiger charge is 2.19. The van der Waals surface area contributed by atoms with Crippen LogP contribution in [0, 0.1) is 0 Å². The Labute approximate surface area is 117 Å². The van der Waals surface area contributed by atoms with Crippen molar-refractivity contribution >= 4 is 18.4 Å². The van der Waals surface area contributed by atoms with Crippen LogP contribution >= 0.6 is 0 Å². The maximum Gasteiger partial charge on any atom is 0.223 e. The third-order valence-corrected chi connectivity index (χ3v) is 3.72. The number of hydrogen-bond donors (Lipinski definition) is 1. The molecule has 2 aliphatic heterocycles. The second-order valence-corrected chi connectivity index (χ2v) is 5.15. The maximum atomic E-state index is 11.0. The largest absolute Gasteiger partial charge is 0.381 e. The van der Waals surface area contributed by atoms with Crippen LogP contribution in [0.3, 0.4) is 0 Å². The molecule has 1 aromatic rings. The van der Waals surface area contributed by atoms with E-state index in [1.807, 2.05) is 19.2 Å². The minimum absolute atomic E-state index is 0.366. The molecule has 2 aliphatic rings. The molecule has 6 heteroatoms. The van der Waals surface area contributed by atoms with Gasteiger partial charge in [0.1, 0.15) is 0 Å². The van der Waals surface area contributed by atoms with Crippen molar-refractivity contribution < 1.29 is 9.53 Å². The summed E-state index contributed by atoms with van der Waals surface area (Å²) in [6.45, 7) is 3.98. The summed E-state index contributed by atoms with van der Waals surface area (Å²) in [4.78, 5) is 21.5. The highest BCUT2D eigenvalue weighted by atomic mass is 16.5. The van der Waals surface area contributed by atoms with Crippen LogP contribution < -0.4 is 5.32 Å². The first-order valence-electron chi connectivity index (χ1n) is 6.86. The highest BCUT2D eigenvalue weighted by Crippen LogP contribution is 2.22. The van der Waals surface area contributed by atoms with Crippen LogP contribution in [0.15, 0.2) is 11.9 Å². The van der Waals surface area contributed by atoms with Gasteiger partial charge in [-0.1, -0.05) is 0 Å². The number of aromatic nitrogens is 2. The zero-order valence-corrected chi connectivity index (χ0v) is 11.5. The summed E-state index contributed by atoms with van der Waals surface area (Å²) in [5.74, 6) is 0.634. The molecule has 0 bridgehead atoms. The normalized spacial score (nSPS) is 19.2. The van der Waals surface area contributed by atoms with Gasteiger partial charge in [0, 0.05) is 36.7 Å². The van der Waals surface area contributed by atoms with E-state index in [4.69, 9.17) is 4.74 Å². The Morgan fingerprint density at radius 1 is 1.45 bits per heavy atom. The highest BCUT2D eigenvalue weighted by molar-refractivity contribution is 5.63. The first kappa shape index (κ1) is 13.1. The molecule has 6 nitrogen and oxygen atoms in total. The van der Waals surface area contributed by atoms with E-state index in [9.17, 15) is 4.79 Å². The molecule has 3 heterocycles. The van der Waals surface area contributed by atoms with Crippen molar-refractivity contribution in [2.75, 3.05) is 18.5 Å². The van der Waals surface area contributed by atoms with Gasteiger partial charge in [0.05, 0.1) is 12.2 Å². The van der Waals surface area contributed by atoms with E-state index >= 15 is 0 Å². The number of rotatable bonds is 3. The van der Waals surface area contributed by atoms with Gasteiger partial charge in [-0.05, 0) is 25.8 Å². The van der Waals surface area contributed by atoms with Gasteiger partial charge in [0.15, 0.2) is 0 Å². The van der Waals surface area contributed by atoms with Crippen LogP contribution in [-0.2, 0) is 16.1 Å². The van der Waals surface area contributed by atoms with Crippen LogP contribution in [0.25, 0.3) is 6.08 Å². The molecule has 1 aromatic heterocycles. The van der Waals surface area contributed by atoms with Gasteiger partial charge in [-0.3, -0.25) is 4.79 Å². The smallest absolute Gasteiger partial charge is 0.223 e. The Balaban J connectivity index is 1.77. The summed E-state index contributed by atoms with van der Waals surface area (Å²) in [6.07, 6.45) is 6.53. The Morgan fingerprint density at radius 3 is 3.00 bits per heavy atom. The van der Waals surface area contributed by atoms with Gasteiger partial charge >= 0.3 is 0 Å². The quantitative estimate of drug-likeness (QED) is 0.844. The van der Waals surface area contributed by atoms with Crippen molar-refractivity contribution in [3.05, 3.63) is 23.2 Å². The fourth-order valence-corrected chi connectivity index (χ4v) is 2.48. The lowest BCUT2D eigenvalue weighted by molar-refractivity contribution is -0.117. The predicted octanol–water partition coefficient (Wildman–Crippen LogP) is 1.40. The van der Waals surface area contributed by atoms with Crippen molar-refractivity contribution in [2.45, 2.75) is 32.4 Å². The summed E-state index contributed by atoms with van der Waals surface area (Å²) >= 11 is 0. The van der Waals surface area contributed by atoms with E-state index in [-0.39, 0.29) is 0 Å². The zero-order chi connectivity index (χ0) is 13.9. The fraction of sp³-hybridized carbons (Fsp3) is 0.500. The molecular weight excluding hydrogens is 256 g/mol. The van der Waals surface area contributed by atoms with Crippen LogP contribution in [0.5, 0.6) is 0 Å². The molecule has 0 saturated carbocycles. The molecule has 0 unspecified atom stereocenters. The number of carbonyl (C=O) groups is 1. The Hall–Kier alpha value is -1.95. The number of ether oxygens (including phenoxy) is 1. The number of anilines is 1. The average molecular weight is 274 g/mol. The summed E-state index contributed by atoms with van der Waals surface area (Å²) in [5.41, 5.74) is 2.78. The monoisotopic (exact) mass is 274 g/mol. The van der Waals surface area contributed by atoms with Gasteiger partial charge in [-0.2, -0.15) is 0 Å². The molecule has 106 valence electrons. The lowest BCUT2D eigenvalue weighted by atomic mass is 10.1. The third-order valence-electron chi connectivity index (χ3n) is 3.72. The molecule has 1 fully saturated rings. The molecule has 0 aliphatic carbocycles. The summed E-state index contributed by atoms with van der Waals surface area (Å²) in [6, 6.07) is 0.366. The van der Waals surface area contributed by atoms with Crippen LogP contribution in [0.4, 0.5) is 5.95 Å². The second-order valence-electron chi connectivity index (χ2n) is 5.15. The van der Waals surface area contributed by atoms with E-state index < -0.39 is 0 Å². The van der Waals surface area contributed by atoms with Crippen molar-refractivity contribution in [1.29, 1.82) is 0 Å². The first-order valence-corrected chi connectivity index (χ1v) is 6.86. The third kappa shape index (κ3) is 2.65. The Morgan fingerprint density at radius 2 is 2.25 bits per heavy atom. The zero-order valence-electron chi connectivity index (χ0n) is 11.5. The molecule has 1 N–H and O–H groups in total. The lowest BCUT2D eigenvalue weighted by Crippen LogP contribution is -2.29. The number of allylic oxidation sites excluding steroid dienone is 1. The average Bonchev–Trinajstić information content (AvgIpc) is 2.48. The van der Waals surface area contributed by atoms with E-state index in [0.29, 0.717) is 18.5 Å². The van der Waals surface area contributed by atoms with E-state index in [1.165, 1.54) is 0 Å². The molecule has 1 saturated heterocycles. The lowest BCUT2D eigenvalue weighted by Gasteiger charge is -2.25. The minimum Gasteiger partial charge on any atom is -0.381 e. The summed E-state index contributed by atoms with van der Waals surface area (Å²) in [5, 5.41) is 3.35. The van der Waals surface area contributed by atoms with Crippen LogP contribution in [0.1, 0.15) is 31.0 Å². The number of carbonyl (C=O) groups excluding carboxylic acids is 1. The van der Waals surface area contributed by atoms with Gasteiger partial charge in [-0.15, -0.1) is 0 Å².